The quantitative estimate of drug-likeness (QED) is 0.487. The molecule has 1 N–H and O–H groups in total. The summed E-state index contributed by atoms with van der Waals surface area (Å²) >= 11 is 0. The van der Waals surface area contributed by atoms with Gasteiger partial charge in [0.1, 0.15) is 11.6 Å². The van der Waals surface area contributed by atoms with Crippen molar-refractivity contribution in [2.45, 2.75) is 50.6 Å². The van der Waals surface area contributed by atoms with E-state index in [2.05, 4.69) is 21.1 Å². The van der Waals surface area contributed by atoms with Crippen molar-refractivity contribution in [2.75, 3.05) is 18.5 Å². The lowest BCUT2D eigenvalue weighted by atomic mass is 9.94. The van der Waals surface area contributed by atoms with Crippen LogP contribution in [-0.2, 0) is 32.6 Å². The van der Waals surface area contributed by atoms with Gasteiger partial charge in [-0.1, -0.05) is 25.1 Å². The van der Waals surface area contributed by atoms with Gasteiger partial charge in [-0.05, 0) is 59.9 Å². The number of alkyl halides is 3. The number of rotatable bonds is 7. The Kier molecular flexibility index (Phi) is 6.32. The Morgan fingerprint density at radius 3 is 2.67 bits per heavy atom. The van der Waals surface area contributed by atoms with Crippen LogP contribution in [0, 0.1) is 5.92 Å². The van der Waals surface area contributed by atoms with Crippen molar-refractivity contribution in [3.63, 3.8) is 0 Å². The fourth-order valence-corrected chi connectivity index (χ4v) is 4.22. The van der Waals surface area contributed by atoms with E-state index < -0.39 is 18.1 Å². The molecule has 0 spiro atoms. The van der Waals surface area contributed by atoms with Crippen molar-refractivity contribution in [1.29, 1.82) is 0 Å². The first-order chi connectivity index (χ1) is 15.6. The molecule has 2 heterocycles. The molecule has 1 aromatic carbocycles. The monoisotopic (exact) mass is 462 g/mol. The fourth-order valence-electron chi connectivity index (χ4n) is 4.22. The van der Waals surface area contributed by atoms with E-state index in [0.29, 0.717) is 25.2 Å². The van der Waals surface area contributed by atoms with Gasteiger partial charge in [0.15, 0.2) is 0 Å². The molecular weight excluding hydrogens is 437 g/mol. The lowest BCUT2D eigenvalue weighted by molar-refractivity contribution is -0.202. The van der Waals surface area contributed by atoms with Crippen molar-refractivity contribution in [3.05, 3.63) is 53.2 Å². The first-order valence-electron chi connectivity index (χ1n) is 10.9. The maximum Gasteiger partial charge on any atom is 0.491 e. The van der Waals surface area contributed by atoms with Crippen LogP contribution in [0.5, 0.6) is 5.75 Å². The summed E-state index contributed by atoms with van der Waals surface area (Å²) < 4.78 is 46.4. The predicted molar refractivity (Wildman–Crippen MR) is 114 cm³/mol. The van der Waals surface area contributed by atoms with E-state index >= 15 is 0 Å². The Hall–Kier alpha value is -3.10. The lowest BCUT2D eigenvalue weighted by Gasteiger charge is -2.17. The zero-order valence-electron chi connectivity index (χ0n) is 18.2. The molecule has 1 aliphatic carbocycles. The molecule has 1 fully saturated rings. The summed E-state index contributed by atoms with van der Waals surface area (Å²) in [6, 6.07) is 11.6. The van der Waals surface area contributed by atoms with E-state index in [1.165, 1.54) is 5.56 Å². The van der Waals surface area contributed by atoms with Crippen LogP contribution in [0.1, 0.15) is 43.0 Å². The van der Waals surface area contributed by atoms with Crippen molar-refractivity contribution in [3.8, 4) is 5.75 Å². The Bertz CT molecular complexity index is 1040. The number of nitrogens with one attached hydrogen (secondary N) is 1. The fraction of sp³-hybridized carbons (Fsp3) is 0.458. The zero-order chi connectivity index (χ0) is 23.6. The normalized spacial score (nSPS) is 21.5. The molecule has 0 saturated heterocycles. The second kappa shape index (κ2) is 9.03. The first-order valence-corrected chi connectivity index (χ1v) is 10.9. The number of aromatic nitrogens is 1. The van der Waals surface area contributed by atoms with Gasteiger partial charge in [-0.3, -0.25) is 4.79 Å². The van der Waals surface area contributed by atoms with Gasteiger partial charge in [0.25, 0.3) is 0 Å². The smallest absolute Gasteiger partial charge is 0.491 e. The molecule has 2 aliphatic rings. The molecule has 1 aliphatic heterocycles. The molecule has 6 nitrogen and oxygen atoms in total. The number of anilines is 1. The number of carbonyl (C=O) groups is 2. The summed E-state index contributed by atoms with van der Waals surface area (Å²) in [5, 5.41) is 3.32. The average Bonchev–Trinajstić information content (AvgIpc) is 3.43. The summed E-state index contributed by atoms with van der Waals surface area (Å²) in [4.78, 5) is 27.1. The molecule has 2 aromatic rings. The second-order valence-corrected chi connectivity index (χ2v) is 8.75. The highest BCUT2D eigenvalue weighted by atomic mass is 19.4. The van der Waals surface area contributed by atoms with Gasteiger partial charge >= 0.3 is 18.1 Å². The minimum Gasteiger partial charge on any atom is -0.493 e. The summed E-state index contributed by atoms with van der Waals surface area (Å²) in [6.07, 6.45) is -1.94. The SMILES string of the molecule is CC1(c2ccc(OCCc3ccc4c(n3)NCCC4)cc2)CC1CC(=O)OC(=O)C(F)(F)F. The van der Waals surface area contributed by atoms with E-state index in [1.54, 1.807) is 0 Å². The number of aryl methyl sites for hydroxylation is 1. The van der Waals surface area contributed by atoms with E-state index in [9.17, 15) is 22.8 Å². The standard InChI is InChI=1S/C24H25F3N2O4/c1-23(14-17(23)13-20(30)33-22(31)24(25,26)27)16-5-8-19(9-6-16)32-12-10-18-7-4-15-3-2-11-28-21(15)29-18/h4-9,17H,2-3,10-14H2,1H3,(H,28,29). The number of esters is 2. The molecule has 0 amide bonds. The molecule has 0 radical (unpaired) electrons. The van der Waals surface area contributed by atoms with Gasteiger partial charge in [0.2, 0.25) is 0 Å². The van der Waals surface area contributed by atoms with Crippen LogP contribution in [0.2, 0.25) is 0 Å². The summed E-state index contributed by atoms with van der Waals surface area (Å²) in [7, 11) is 0. The van der Waals surface area contributed by atoms with Gasteiger partial charge in [-0.2, -0.15) is 13.2 Å². The van der Waals surface area contributed by atoms with Crippen molar-refractivity contribution < 1.29 is 32.2 Å². The average molecular weight is 462 g/mol. The van der Waals surface area contributed by atoms with Crippen LogP contribution in [-0.4, -0.2) is 36.3 Å². The number of benzene rings is 1. The molecule has 2 unspecified atom stereocenters. The summed E-state index contributed by atoms with van der Waals surface area (Å²) in [6.45, 7) is 3.35. The number of fused-ring (bicyclic) bond motifs is 1. The van der Waals surface area contributed by atoms with Gasteiger partial charge in [-0.15, -0.1) is 0 Å². The number of pyridine rings is 1. The number of hydrogen-bond acceptors (Lipinski definition) is 6. The van der Waals surface area contributed by atoms with Crippen molar-refractivity contribution in [2.24, 2.45) is 5.92 Å². The Balaban J connectivity index is 1.25. The van der Waals surface area contributed by atoms with Gasteiger partial charge < -0.3 is 14.8 Å². The Morgan fingerprint density at radius 2 is 1.94 bits per heavy atom. The van der Waals surface area contributed by atoms with Gasteiger partial charge in [0, 0.05) is 25.1 Å². The molecule has 0 bridgehead atoms. The molecule has 1 saturated carbocycles. The maximum absolute atomic E-state index is 12.2. The van der Waals surface area contributed by atoms with Crippen LogP contribution in [0.4, 0.5) is 19.0 Å². The van der Waals surface area contributed by atoms with Gasteiger partial charge in [0.05, 0.1) is 6.61 Å². The third-order valence-corrected chi connectivity index (χ3v) is 6.35. The third-order valence-electron chi connectivity index (χ3n) is 6.35. The van der Waals surface area contributed by atoms with Gasteiger partial charge in [-0.25, -0.2) is 9.78 Å². The van der Waals surface area contributed by atoms with E-state index in [0.717, 1.165) is 36.5 Å². The molecule has 33 heavy (non-hydrogen) atoms. The first kappa shape index (κ1) is 23.1. The van der Waals surface area contributed by atoms with Crippen LogP contribution < -0.4 is 10.1 Å². The highest BCUT2D eigenvalue weighted by Crippen LogP contribution is 2.56. The molecular formula is C24H25F3N2O4. The highest BCUT2D eigenvalue weighted by Gasteiger charge is 2.52. The number of hydrogen-bond donors (Lipinski definition) is 1. The lowest BCUT2D eigenvalue weighted by Crippen LogP contribution is -2.28. The van der Waals surface area contributed by atoms with E-state index in [4.69, 9.17) is 4.74 Å². The third kappa shape index (κ3) is 5.46. The molecule has 4 rings (SSSR count). The number of ether oxygens (including phenoxy) is 2. The van der Waals surface area contributed by atoms with E-state index in [1.807, 2.05) is 37.3 Å². The van der Waals surface area contributed by atoms with Crippen LogP contribution >= 0.6 is 0 Å². The molecule has 2 atom stereocenters. The van der Waals surface area contributed by atoms with E-state index in [-0.39, 0.29) is 17.8 Å². The molecule has 176 valence electrons. The number of halogens is 3. The minimum absolute atomic E-state index is 0.179. The largest absolute Gasteiger partial charge is 0.493 e. The number of nitrogens with zero attached hydrogens (tertiary/aromatic N) is 1. The Labute approximate surface area is 189 Å². The predicted octanol–water partition coefficient (Wildman–Crippen LogP) is 4.36. The van der Waals surface area contributed by atoms with Crippen LogP contribution in [0.3, 0.4) is 0 Å². The topological polar surface area (TPSA) is 77.5 Å². The maximum atomic E-state index is 12.2. The zero-order valence-corrected chi connectivity index (χ0v) is 18.2. The van der Waals surface area contributed by atoms with Crippen molar-refractivity contribution >= 4 is 17.8 Å². The minimum atomic E-state index is -5.18. The second-order valence-electron chi connectivity index (χ2n) is 8.75. The Morgan fingerprint density at radius 1 is 1.18 bits per heavy atom. The summed E-state index contributed by atoms with van der Waals surface area (Å²) in [5.41, 5.74) is 2.81. The number of carbonyl (C=O) groups excluding carboxylic acids is 2. The summed E-state index contributed by atoms with van der Waals surface area (Å²) in [5.74, 6) is -2.15. The van der Waals surface area contributed by atoms with Crippen LogP contribution in [0.25, 0.3) is 0 Å². The highest BCUT2D eigenvalue weighted by molar-refractivity contribution is 5.88. The van der Waals surface area contributed by atoms with Crippen molar-refractivity contribution in [1.82, 2.24) is 4.98 Å². The molecule has 1 aromatic heterocycles. The van der Waals surface area contributed by atoms with Crippen LogP contribution in [0.15, 0.2) is 36.4 Å². The molecule has 9 heteroatoms.